The molecule has 1 fully saturated rings. The first-order valence-electron chi connectivity index (χ1n) is 8.18. The topological polar surface area (TPSA) is 77.1 Å². The van der Waals surface area contributed by atoms with E-state index in [9.17, 15) is 9.59 Å². The van der Waals surface area contributed by atoms with Gasteiger partial charge in [0, 0.05) is 19.6 Å². The zero-order chi connectivity index (χ0) is 17.4. The first kappa shape index (κ1) is 19.7. The Morgan fingerprint density at radius 2 is 2.00 bits per heavy atom. The number of amides is 1. The van der Waals surface area contributed by atoms with Gasteiger partial charge in [0.2, 0.25) is 0 Å². The van der Waals surface area contributed by atoms with E-state index in [-0.39, 0.29) is 18.6 Å². The number of hydrogen-bond acceptors (Lipinski definition) is 6. The number of carbonyl (C=O) groups is 2. The molecule has 0 aromatic heterocycles. The SMILES string of the molecule is COC(=O)N[C@@H](C(=O)OC[C@@H]1CN(CC(C)C)CCO1)C(C)C. The zero-order valence-corrected chi connectivity index (χ0v) is 14.8. The summed E-state index contributed by atoms with van der Waals surface area (Å²) in [6.45, 7) is 11.5. The molecule has 23 heavy (non-hydrogen) atoms. The van der Waals surface area contributed by atoms with Gasteiger partial charge in [0.15, 0.2) is 0 Å². The van der Waals surface area contributed by atoms with Gasteiger partial charge in [-0.25, -0.2) is 9.59 Å². The Kier molecular flexibility index (Phi) is 8.33. The number of methoxy groups -OCH3 is 1. The lowest BCUT2D eigenvalue weighted by Crippen LogP contribution is -2.48. The second-order valence-corrected chi connectivity index (χ2v) is 6.63. The summed E-state index contributed by atoms with van der Waals surface area (Å²) >= 11 is 0. The maximum atomic E-state index is 12.2. The van der Waals surface area contributed by atoms with Crippen molar-refractivity contribution in [3.8, 4) is 0 Å². The molecule has 0 bridgehead atoms. The molecule has 1 aliphatic heterocycles. The summed E-state index contributed by atoms with van der Waals surface area (Å²) in [5.41, 5.74) is 0. The number of ether oxygens (including phenoxy) is 3. The van der Waals surface area contributed by atoms with E-state index >= 15 is 0 Å². The van der Waals surface area contributed by atoms with Crippen molar-refractivity contribution >= 4 is 12.1 Å². The molecule has 0 unspecified atom stereocenters. The maximum Gasteiger partial charge on any atom is 0.407 e. The molecular weight excluding hydrogens is 300 g/mol. The van der Waals surface area contributed by atoms with E-state index in [1.54, 1.807) is 0 Å². The molecule has 134 valence electrons. The van der Waals surface area contributed by atoms with Gasteiger partial charge in [-0.15, -0.1) is 0 Å². The fourth-order valence-electron chi connectivity index (χ4n) is 2.51. The average Bonchev–Trinajstić information content (AvgIpc) is 2.49. The van der Waals surface area contributed by atoms with Crippen LogP contribution < -0.4 is 5.32 Å². The third kappa shape index (κ3) is 7.18. The standard InChI is InChI=1S/C16H30N2O5/c1-11(2)8-18-6-7-22-13(9-18)10-23-15(19)14(12(3)4)17-16(20)21-5/h11-14H,6-10H2,1-5H3,(H,17,20)/t13-,14+/m0/s1. The van der Waals surface area contributed by atoms with Gasteiger partial charge in [-0.05, 0) is 11.8 Å². The number of rotatable bonds is 7. The predicted octanol–water partition coefficient (Wildman–Crippen LogP) is 1.27. The normalized spacial score (nSPS) is 20.4. The summed E-state index contributed by atoms with van der Waals surface area (Å²) in [6, 6.07) is -0.724. The van der Waals surface area contributed by atoms with Crippen LogP contribution in [0.3, 0.4) is 0 Å². The van der Waals surface area contributed by atoms with Crippen LogP contribution in [0.25, 0.3) is 0 Å². The Morgan fingerprint density at radius 3 is 2.57 bits per heavy atom. The first-order valence-corrected chi connectivity index (χ1v) is 8.18. The molecule has 0 aromatic carbocycles. The van der Waals surface area contributed by atoms with Crippen LogP contribution >= 0.6 is 0 Å². The molecule has 0 spiro atoms. The lowest BCUT2D eigenvalue weighted by Gasteiger charge is -2.33. The van der Waals surface area contributed by atoms with E-state index in [1.165, 1.54) is 7.11 Å². The summed E-state index contributed by atoms with van der Waals surface area (Å²) in [5, 5.41) is 2.50. The number of esters is 1. The van der Waals surface area contributed by atoms with E-state index < -0.39 is 18.1 Å². The smallest absolute Gasteiger partial charge is 0.407 e. The minimum absolute atomic E-state index is 0.0914. The molecule has 7 heteroatoms. The van der Waals surface area contributed by atoms with Crippen molar-refractivity contribution in [1.82, 2.24) is 10.2 Å². The van der Waals surface area contributed by atoms with Crippen LogP contribution in [0.15, 0.2) is 0 Å². The molecule has 0 aliphatic carbocycles. The van der Waals surface area contributed by atoms with E-state index in [2.05, 4.69) is 28.8 Å². The van der Waals surface area contributed by atoms with Gasteiger partial charge in [-0.2, -0.15) is 0 Å². The van der Waals surface area contributed by atoms with Gasteiger partial charge in [0.25, 0.3) is 0 Å². The van der Waals surface area contributed by atoms with E-state index in [0.717, 1.165) is 19.6 Å². The summed E-state index contributed by atoms with van der Waals surface area (Å²) in [7, 11) is 1.26. The van der Waals surface area contributed by atoms with Gasteiger partial charge in [0.1, 0.15) is 18.8 Å². The lowest BCUT2D eigenvalue weighted by atomic mass is 10.1. The van der Waals surface area contributed by atoms with Crippen LogP contribution in [-0.4, -0.2) is 69.1 Å². The highest BCUT2D eigenvalue weighted by Gasteiger charge is 2.28. The number of nitrogens with zero attached hydrogens (tertiary/aromatic N) is 1. The highest BCUT2D eigenvalue weighted by molar-refractivity contribution is 5.81. The van der Waals surface area contributed by atoms with Crippen LogP contribution in [0.1, 0.15) is 27.7 Å². The van der Waals surface area contributed by atoms with Crippen molar-refractivity contribution in [1.29, 1.82) is 0 Å². The Hall–Kier alpha value is -1.34. The van der Waals surface area contributed by atoms with Crippen molar-refractivity contribution in [3.05, 3.63) is 0 Å². The van der Waals surface area contributed by atoms with Crippen molar-refractivity contribution in [3.63, 3.8) is 0 Å². The molecule has 1 aliphatic rings. The fraction of sp³-hybridized carbons (Fsp3) is 0.875. The summed E-state index contributed by atoms with van der Waals surface area (Å²) in [6.07, 6.45) is -0.768. The quantitative estimate of drug-likeness (QED) is 0.708. The van der Waals surface area contributed by atoms with Gasteiger partial charge >= 0.3 is 12.1 Å². The molecular formula is C16H30N2O5. The number of morpholine rings is 1. The van der Waals surface area contributed by atoms with Gasteiger partial charge in [-0.3, -0.25) is 4.90 Å². The number of nitrogens with one attached hydrogen (secondary N) is 1. The van der Waals surface area contributed by atoms with Gasteiger partial charge < -0.3 is 19.5 Å². The van der Waals surface area contributed by atoms with Crippen molar-refractivity contribution in [2.75, 3.05) is 40.0 Å². The molecule has 1 heterocycles. The van der Waals surface area contributed by atoms with E-state index in [1.807, 2.05) is 13.8 Å². The number of carbonyl (C=O) groups excluding carboxylic acids is 2. The zero-order valence-electron chi connectivity index (χ0n) is 14.8. The lowest BCUT2D eigenvalue weighted by molar-refractivity contribution is -0.154. The second kappa shape index (κ2) is 9.72. The minimum Gasteiger partial charge on any atom is -0.461 e. The van der Waals surface area contributed by atoms with Crippen LogP contribution in [0.5, 0.6) is 0 Å². The van der Waals surface area contributed by atoms with Crippen molar-refractivity contribution in [2.24, 2.45) is 11.8 Å². The van der Waals surface area contributed by atoms with Crippen LogP contribution in [0, 0.1) is 11.8 Å². The summed E-state index contributed by atoms with van der Waals surface area (Å²) in [5.74, 6) is 0.0344. The van der Waals surface area contributed by atoms with E-state index in [4.69, 9.17) is 9.47 Å². The monoisotopic (exact) mass is 330 g/mol. The Morgan fingerprint density at radius 1 is 1.30 bits per heavy atom. The molecule has 7 nitrogen and oxygen atoms in total. The van der Waals surface area contributed by atoms with Crippen molar-refractivity contribution in [2.45, 2.75) is 39.8 Å². The van der Waals surface area contributed by atoms with Gasteiger partial charge in [-0.1, -0.05) is 27.7 Å². The minimum atomic E-state index is -0.724. The Balaban J connectivity index is 2.45. The molecule has 1 amide bonds. The third-order valence-electron chi connectivity index (χ3n) is 3.64. The maximum absolute atomic E-state index is 12.2. The Bertz CT molecular complexity index is 387. The van der Waals surface area contributed by atoms with Crippen LogP contribution in [0.4, 0.5) is 4.79 Å². The van der Waals surface area contributed by atoms with Crippen LogP contribution in [-0.2, 0) is 19.0 Å². The predicted molar refractivity (Wildman–Crippen MR) is 86.1 cm³/mol. The molecule has 2 atom stereocenters. The van der Waals surface area contributed by atoms with Crippen molar-refractivity contribution < 1.29 is 23.8 Å². The van der Waals surface area contributed by atoms with Gasteiger partial charge in [0.05, 0.1) is 13.7 Å². The highest BCUT2D eigenvalue weighted by Crippen LogP contribution is 2.10. The molecule has 0 radical (unpaired) electrons. The molecule has 1 saturated heterocycles. The number of hydrogen-bond donors (Lipinski definition) is 1. The number of alkyl carbamates (subject to hydrolysis) is 1. The third-order valence-corrected chi connectivity index (χ3v) is 3.64. The van der Waals surface area contributed by atoms with Crippen LogP contribution in [0.2, 0.25) is 0 Å². The molecule has 1 rings (SSSR count). The molecule has 1 N–H and O–H groups in total. The Labute approximate surface area is 138 Å². The summed E-state index contributed by atoms with van der Waals surface area (Å²) < 4.78 is 15.5. The highest BCUT2D eigenvalue weighted by atomic mass is 16.6. The van der Waals surface area contributed by atoms with E-state index in [0.29, 0.717) is 12.5 Å². The largest absolute Gasteiger partial charge is 0.461 e. The fourth-order valence-corrected chi connectivity index (χ4v) is 2.51. The average molecular weight is 330 g/mol. The molecule has 0 saturated carbocycles. The summed E-state index contributed by atoms with van der Waals surface area (Å²) in [4.78, 5) is 25.8. The second-order valence-electron chi connectivity index (χ2n) is 6.63. The first-order chi connectivity index (χ1) is 10.8. The molecule has 0 aromatic rings.